The number of aryl methyl sites for hydroxylation is 2. The van der Waals surface area contributed by atoms with Gasteiger partial charge in [-0.1, -0.05) is 18.5 Å². The molecular weight excluding hydrogens is 190 g/mol. The molecule has 1 aromatic rings. The van der Waals surface area contributed by atoms with Crippen molar-refractivity contribution in [2.75, 3.05) is 13.2 Å². The molecule has 0 aliphatic heterocycles. The predicted molar refractivity (Wildman–Crippen MR) is 52.1 cm³/mol. The predicted octanol–water partition coefficient (Wildman–Crippen LogP) is 0.973. The number of halogens is 1. The van der Waals surface area contributed by atoms with E-state index in [9.17, 15) is 0 Å². The summed E-state index contributed by atoms with van der Waals surface area (Å²) in [5, 5.41) is 4.80. The van der Waals surface area contributed by atoms with Gasteiger partial charge in [0.05, 0.1) is 5.69 Å². The fourth-order valence-electron chi connectivity index (χ4n) is 1.07. The first-order valence-electron chi connectivity index (χ1n) is 4.25. The number of ether oxygens (including phenoxy) is 1. The van der Waals surface area contributed by atoms with E-state index < -0.39 is 0 Å². The minimum atomic E-state index is 0.461. The number of hydrogen-bond donors (Lipinski definition) is 1. The van der Waals surface area contributed by atoms with Crippen molar-refractivity contribution in [3.63, 3.8) is 0 Å². The van der Waals surface area contributed by atoms with Gasteiger partial charge in [0, 0.05) is 13.6 Å². The van der Waals surface area contributed by atoms with Gasteiger partial charge in [-0.15, -0.1) is 0 Å². The van der Waals surface area contributed by atoms with Crippen LogP contribution in [0.15, 0.2) is 0 Å². The van der Waals surface area contributed by atoms with Gasteiger partial charge in [0.25, 0.3) is 0 Å². The largest absolute Gasteiger partial charge is 0.475 e. The van der Waals surface area contributed by atoms with Gasteiger partial charge in [0.1, 0.15) is 11.6 Å². The second-order valence-corrected chi connectivity index (χ2v) is 3.06. The van der Waals surface area contributed by atoms with Crippen molar-refractivity contribution in [1.82, 2.24) is 9.78 Å². The molecule has 5 heteroatoms. The molecule has 0 radical (unpaired) electrons. The maximum Gasteiger partial charge on any atom is 0.231 e. The van der Waals surface area contributed by atoms with Crippen LogP contribution in [0, 0.1) is 0 Å². The highest BCUT2D eigenvalue weighted by atomic mass is 35.5. The number of rotatable bonds is 4. The molecule has 74 valence electrons. The second kappa shape index (κ2) is 4.48. The molecule has 1 heterocycles. The number of nitrogens with zero attached hydrogens (tertiary/aromatic N) is 2. The molecule has 0 saturated carbocycles. The zero-order chi connectivity index (χ0) is 9.84. The lowest BCUT2D eigenvalue weighted by Crippen LogP contribution is -2.12. The first-order valence-corrected chi connectivity index (χ1v) is 4.62. The van der Waals surface area contributed by atoms with E-state index in [1.807, 2.05) is 6.92 Å². The summed E-state index contributed by atoms with van der Waals surface area (Å²) in [6.07, 6.45) is 0.804. The maximum absolute atomic E-state index is 6.02. The number of aromatic nitrogens is 2. The third-order valence-electron chi connectivity index (χ3n) is 1.70. The Balaban J connectivity index is 2.85. The van der Waals surface area contributed by atoms with E-state index in [4.69, 9.17) is 22.1 Å². The summed E-state index contributed by atoms with van der Waals surface area (Å²) in [7, 11) is 1.80. The van der Waals surface area contributed by atoms with Crippen molar-refractivity contribution in [1.29, 1.82) is 0 Å². The molecule has 4 nitrogen and oxygen atoms in total. The van der Waals surface area contributed by atoms with Gasteiger partial charge in [-0.3, -0.25) is 0 Å². The number of nitrogens with two attached hydrogens (primary N) is 1. The van der Waals surface area contributed by atoms with Crippen LogP contribution in [0.1, 0.15) is 12.6 Å². The Morgan fingerprint density at radius 2 is 2.31 bits per heavy atom. The van der Waals surface area contributed by atoms with E-state index in [1.54, 1.807) is 11.7 Å². The van der Waals surface area contributed by atoms with Crippen LogP contribution in [0.25, 0.3) is 0 Å². The summed E-state index contributed by atoms with van der Waals surface area (Å²) < 4.78 is 6.98. The topological polar surface area (TPSA) is 53.1 Å². The van der Waals surface area contributed by atoms with Crippen LogP contribution in [-0.4, -0.2) is 22.9 Å². The van der Waals surface area contributed by atoms with Crippen LogP contribution in [0.3, 0.4) is 0 Å². The lowest BCUT2D eigenvalue weighted by atomic mass is 10.3. The van der Waals surface area contributed by atoms with E-state index >= 15 is 0 Å². The normalized spacial score (nSPS) is 10.5. The van der Waals surface area contributed by atoms with Gasteiger partial charge >= 0.3 is 0 Å². The summed E-state index contributed by atoms with van der Waals surface area (Å²) in [4.78, 5) is 0. The maximum atomic E-state index is 6.02. The van der Waals surface area contributed by atoms with E-state index in [1.165, 1.54) is 0 Å². The van der Waals surface area contributed by atoms with Crippen LogP contribution < -0.4 is 10.5 Å². The summed E-state index contributed by atoms with van der Waals surface area (Å²) in [5.74, 6) is 0.601. The minimum absolute atomic E-state index is 0.461. The average molecular weight is 204 g/mol. The molecule has 0 aromatic carbocycles. The van der Waals surface area contributed by atoms with Crippen LogP contribution in [0.2, 0.25) is 5.02 Å². The highest BCUT2D eigenvalue weighted by Crippen LogP contribution is 2.27. The Morgan fingerprint density at radius 1 is 1.62 bits per heavy atom. The molecule has 0 unspecified atom stereocenters. The van der Waals surface area contributed by atoms with Crippen LogP contribution in [-0.2, 0) is 13.5 Å². The van der Waals surface area contributed by atoms with Crippen molar-refractivity contribution in [2.45, 2.75) is 13.3 Å². The third-order valence-corrected chi connectivity index (χ3v) is 2.08. The zero-order valence-electron chi connectivity index (χ0n) is 7.88. The fourth-order valence-corrected chi connectivity index (χ4v) is 1.42. The molecule has 0 aliphatic carbocycles. The van der Waals surface area contributed by atoms with E-state index in [0.717, 1.165) is 12.1 Å². The molecule has 2 N–H and O–H groups in total. The molecule has 1 rings (SSSR count). The molecule has 0 amide bonds. The van der Waals surface area contributed by atoms with Crippen molar-refractivity contribution in [2.24, 2.45) is 12.8 Å². The summed E-state index contributed by atoms with van der Waals surface area (Å²) in [6.45, 7) is 2.94. The smallest absolute Gasteiger partial charge is 0.231 e. The Morgan fingerprint density at radius 3 is 2.77 bits per heavy atom. The molecule has 13 heavy (non-hydrogen) atoms. The third kappa shape index (κ3) is 2.14. The Labute approximate surface area is 82.6 Å². The second-order valence-electron chi connectivity index (χ2n) is 2.68. The molecule has 0 bridgehead atoms. The van der Waals surface area contributed by atoms with E-state index in [2.05, 4.69) is 5.10 Å². The molecular formula is C8H14ClN3O. The highest BCUT2D eigenvalue weighted by molar-refractivity contribution is 6.32. The molecule has 0 atom stereocenters. The van der Waals surface area contributed by atoms with Crippen LogP contribution in [0.4, 0.5) is 0 Å². The van der Waals surface area contributed by atoms with Crippen LogP contribution in [0.5, 0.6) is 5.88 Å². The molecule has 0 aliphatic rings. The van der Waals surface area contributed by atoms with Crippen molar-refractivity contribution < 1.29 is 4.74 Å². The highest BCUT2D eigenvalue weighted by Gasteiger charge is 2.13. The molecule has 0 saturated heterocycles. The molecule has 1 aromatic heterocycles. The summed E-state index contributed by atoms with van der Waals surface area (Å²) >= 11 is 6.02. The van der Waals surface area contributed by atoms with E-state index in [-0.39, 0.29) is 0 Å². The Bertz CT molecular complexity index is 285. The Hall–Kier alpha value is -0.740. The van der Waals surface area contributed by atoms with Gasteiger partial charge in [0.15, 0.2) is 0 Å². The molecule has 0 fully saturated rings. The van der Waals surface area contributed by atoms with Gasteiger partial charge in [0.2, 0.25) is 5.88 Å². The first kappa shape index (κ1) is 10.3. The van der Waals surface area contributed by atoms with Crippen molar-refractivity contribution in [3.8, 4) is 5.88 Å². The van der Waals surface area contributed by atoms with Gasteiger partial charge < -0.3 is 10.5 Å². The van der Waals surface area contributed by atoms with Gasteiger partial charge in [-0.25, -0.2) is 4.68 Å². The quantitative estimate of drug-likeness (QED) is 0.794. The lowest BCUT2D eigenvalue weighted by molar-refractivity contribution is 0.299. The Kier molecular flexibility index (Phi) is 3.57. The standard InChI is InChI=1S/C8H14ClN3O/c1-3-6-7(9)8(12(2)11-6)13-5-4-10/h3-5,10H2,1-2H3. The minimum Gasteiger partial charge on any atom is -0.475 e. The number of hydrogen-bond acceptors (Lipinski definition) is 3. The molecule has 0 spiro atoms. The lowest BCUT2D eigenvalue weighted by Gasteiger charge is -2.03. The van der Waals surface area contributed by atoms with Crippen molar-refractivity contribution >= 4 is 11.6 Å². The summed E-state index contributed by atoms with van der Waals surface area (Å²) in [5.41, 5.74) is 6.18. The summed E-state index contributed by atoms with van der Waals surface area (Å²) in [6, 6.07) is 0. The van der Waals surface area contributed by atoms with Gasteiger partial charge in [-0.2, -0.15) is 5.10 Å². The zero-order valence-corrected chi connectivity index (χ0v) is 8.64. The van der Waals surface area contributed by atoms with Crippen LogP contribution >= 0.6 is 11.6 Å². The van der Waals surface area contributed by atoms with Gasteiger partial charge in [-0.05, 0) is 6.42 Å². The van der Waals surface area contributed by atoms with Crippen molar-refractivity contribution in [3.05, 3.63) is 10.7 Å². The average Bonchev–Trinajstić information content (AvgIpc) is 2.39. The monoisotopic (exact) mass is 203 g/mol. The first-order chi connectivity index (χ1) is 6.20. The SMILES string of the molecule is CCc1nn(C)c(OCCN)c1Cl. The van der Waals surface area contributed by atoms with E-state index in [0.29, 0.717) is 24.1 Å². The fraction of sp³-hybridized carbons (Fsp3) is 0.625.